The van der Waals surface area contributed by atoms with Crippen molar-refractivity contribution >= 4 is 17.5 Å². The van der Waals surface area contributed by atoms with Crippen LogP contribution < -0.4 is 16.4 Å². The van der Waals surface area contributed by atoms with E-state index in [9.17, 15) is 14.9 Å². The number of urea groups is 1. The van der Waals surface area contributed by atoms with E-state index < -0.39 is 11.0 Å². The zero-order valence-electron chi connectivity index (χ0n) is 8.34. The van der Waals surface area contributed by atoms with Gasteiger partial charge in [-0.1, -0.05) is 0 Å². The number of rotatable bonds is 5. The van der Waals surface area contributed by atoms with E-state index in [2.05, 4.69) is 15.6 Å². The Morgan fingerprint density at radius 3 is 2.94 bits per heavy atom. The van der Waals surface area contributed by atoms with Crippen molar-refractivity contribution in [2.75, 3.05) is 18.4 Å². The predicted molar refractivity (Wildman–Crippen MR) is 57.0 cm³/mol. The molecule has 8 nitrogen and oxygen atoms in total. The van der Waals surface area contributed by atoms with Gasteiger partial charge in [0.15, 0.2) is 0 Å². The van der Waals surface area contributed by atoms with Crippen molar-refractivity contribution < 1.29 is 9.72 Å². The summed E-state index contributed by atoms with van der Waals surface area (Å²) in [5, 5.41) is 15.6. The first-order valence-corrected chi connectivity index (χ1v) is 4.47. The lowest BCUT2D eigenvalue weighted by atomic mass is 10.4. The number of anilines is 1. The number of hydrogen-bond acceptors (Lipinski definition) is 5. The molecule has 8 heteroatoms. The molecule has 86 valence electrons. The van der Waals surface area contributed by atoms with E-state index in [1.165, 1.54) is 18.3 Å². The number of amides is 2. The van der Waals surface area contributed by atoms with Crippen LogP contribution in [0.4, 0.5) is 16.3 Å². The van der Waals surface area contributed by atoms with Gasteiger partial charge in [-0.3, -0.25) is 10.1 Å². The summed E-state index contributed by atoms with van der Waals surface area (Å²) in [6, 6.07) is 1.99. The summed E-state index contributed by atoms with van der Waals surface area (Å²) in [6.07, 6.45) is 1.34. The topological polar surface area (TPSA) is 123 Å². The molecule has 16 heavy (non-hydrogen) atoms. The lowest BCUT2D eigenvalue weighted by Gasteiger charge is -2.04. The summed E-state index contributed by atoms with van der Waals surface area (Å²) in [5.74, 6) is 0.375. The van der Waals surface area contributed by atoms with E-state index in [0.29, 0.717) is 18.9 Å². The Kier molecular flexibility index (Phi) is 4.01. The highest BCUT2D eigenvalue weighted by Gasteiger charge is 2.05. The number of nitrogens with two attached hydrogens (primary N) is 1. The molecule has 0 saturated heterocycles. The van der Waals surface area contributed by atoms with Crippen LogP contribution in [0.25, 0.3) is 0 Å². The Labute approximate surface area is 91.0 Å². The van der Waals surface area contributed by atoms with Gasteiger partial charge in [0.05, 0.1) is 11.0 Å². The minimum Gasteiger partial charge on any atom is -0.368 e. The van der Waals surface area contributed by atoms with Gasteiger partial charge in [-0.25, -0.2) is 9.78 Å². The zero-order valence-corrected chi connectivity index (χ0v) is 8.34. The summed E-state index contributed by atoms with van der Waals surface area (Å²) in [6.45, 7) is 0.705. The first-order chi connectivity index (χ1) is 7.59. The molecule has 2 amide bonds. The zero-order chi connectivity index (χ0) is 12.0. The average Bonchev–Trinajstić information content (AvgIpc) is 2.24. The molecule has 1 aromatic heterocycles. The van der Waals surface area contributed by atoms with Gasteiger partial charge in [-0.15, -0.1) is 0 Å². The Morgan fingerprint density at radius 1 is 1.56 bits per heavy atom. The number of nitrogens with one attached hydrogen (secondary N) is 2. The second-order valence-electron chi connectivity index (χ2n) is 2.87. The molecule has 0 radical (unpaired) electrons. The van der Waals surface area contributed by atoms with Crippen LogP contribution in [0.5, 0.6) is 0 Å². The third-order valence-corrected chi connectivity index (χ3v) is 1.68. The van der Waals surface area contributed by atoms with Gasteiger partial charge in [0, 0.05) is 25.4 Å². The number of aromatic nitrogens is 1. The van der Waals surface area contributed by atoms with Crippen LogP contribution in [-0.4, -0.2) is 29.0 Å². The summed E-state index contributed by atoms with van der Waals surface area (Å²) >= 11 is 0. The van der Waals surface area contributed by atoms with Gasteiger partial charge in [-0.2, -0.15) is 0 Å². The molecule has 0 aliphatic rings. The van der Waals surface area contributed by atoms with Crippen molar-refractivity contribution in [2.24, 2.45) is 5.73 Å². The molecule has 0 spiro atoms. The van der Waals surface area contributed by atoms with Gasteiger partial charge < -0.3 is 16.4 Å². The summed E-state index contributed by atoms with van der Waals surface area (Å²) in [7, 11) is 0. The molecule has 0 aliphatic heterocycles. The molecule has 4 N–H and O–H groups in total. The normalized spacial score (nSPS) is 9.50. The maximum atomic E-state index is 10.4. The Hall–Kier alpha value is -2.38. The first-order valence-electron chi connectivity index (χ1n) is 4.47. The number of carbonyl (C=O) groups is 1. The van der Waals surface area contributed by atoms with Crippen LogP contribution >= 0.6 is 0 Å². The largest absolute Gasteiger partial charge is 0.368 e. The smallest absolute Gasteiger partial charge is 0.312 e. The van der Waals surface area contributed by atoms with E-state index in [4.69, 9.17) is 5.73 Å². The van der Waals surface area contributed by atoms with E-state index in [0.717, 1.165) is 0 Å². The number of nitro groups is 1. The third kappa shape index (κ3) is 3.78. The Morgan fingerprint density at radius 2 is 2.31 bits per heavy atom. The molecule has 0 bridgehead atoms. The quantitative estimate of drug-likeness (QED) is 0.371. The summed E-state index contributed by atoms with van der Waals surface area (Å²) in [5.41, 5.74) is 4.81. The van der Waals surface area contributed by atoms with Crippen molar-refractivity contribution in [3.63, 3.8) is 0 Å². The summed E-state index contributed by atoms with van der Waals surface area (Å²) in [4.78, 5) is 24.2. The van der Waals surface area contributed by atoms with Crippen LogP contribution in [0.3, 0.4) is 0 Å². The third-order valence-electron chi connectivity index (χ3n) is 1.68. The van der Waals surface area contributed by atoms with E-state index in [1.807, 2.05) is 0 Å². The molecule has 0 aromatic carbocycles. The van der Waals surface area contributed by atoms with Crippen molar-refractivity contribution in [3.05, 3.63) is 28.4 Å². The minimum absolute atomic E-state index is 0.0413. The molecule has 0 unspecified atom stereocenters. The number of carbonyl (C=O) groups excluding carboxylic acids is 1. The second kappa shape index (κ2) is 5.49. The van der Waals surface area contributed by atoms with Crippen LogP contribution in [0.2, 0.25) is 0 Å². The highest BCUT2D eigenvalue weighted by atomic mass is 16.6. The Balaban J connectivity index is 2.45. The molecule has 0 aliphatic carbocycles. The van der Waals surface area contributed by atoms with Crippen molar-refractivity contribution in [1.82, 2.24) is 10.3 Å². The highest BCUT2D eigenvalue weighted by molar-refractivity contribution is 5.71. The monoisotopic (exact) mass is 225 g/mol. The fourth-order valence-corrected chi connectivity index (χ4v) is 1.01. The highest BCUT2D eigenvalue weighted by Crippen LogP contribution is 2.13. The molecule has 1 rings (SSSR count). The summed E-state index contributed by atoms with van der Waals surface area (Å²) < 4.78 is 0. The number of pyridine rings is 1. The lowest BCUT2D eigenvalue weighted by Crippen LogP contribution is -2.33. The second-order valence-corrected chi connectivity index (χ2v) is 2.87. The Bertz CT molecular complexity index is 395. The SMILES string of the molecule is NC(=O)NCCNc1cc([N+](=O)[O-])ccn1. The fraction of sp³-hybridized carbons (Fsp3) is 0.250. The fourth-order valence-electron chi connectivity index (χ4n) is 1.01. The predicted octanol–water partition coefficient (Wildman–Crippen LogP) is 0.0700. The minimum atomic E-state index is -0.617. The van der Waals surface area contributed by atoms with Crippen LogP contribution in [0.1, 0.15) is 0 Å². The van der Waals surface area contributed by atoms with Crippen molar-refractivity contribution in [1.29, 1.82) is 0 Å². The lowest BCUT2D eigenvalue weighted by molar-refractivity contribution is -0.384. The molecule has 1 heterocycles. The van der Waals surface area contributed by atoms with Crippen molar-refractivity contribution in [3.8, 4) is 0 Å². The maximum Gasteiger partial charge on any atom is 0.312 e. The van der Waals surface area contributed by atoms with E-state index in [1.54, 1.807) is 0 Å². The number of primary amides is 1. The molecule has 0 fully saturated rings. The number of hydrogen-bond donors (Lipinski definition) is 3. The van der Waals surface area contributed by atoms with Gasteiger partial charge in [-0.05, 0) is 0 Å². The number of nitrogens with zero attached hydrogens (tertiary/aromatic N) is 2. The van der Waals surface area contributed by atoms with Gasteiger partial charge in [0.2, 0.25) is 0 Å². The van der Waals surface area contributed by atoms with E-state index >= 15 is 0 Å². The maximum absolute atomic E-state index is 10.4. The van der Waals surface area contributed by atoms with Crippen LogP contribution in [-0.2, 0) is 0 Å². The van der Waals surface area contributed by atoms with Crippen LogP contribution in [0.15, 0.2) is 18.3 Å². The standard InChI is InChI=1S/C8H11N5O3/c9-8(14)12-4-3-11-7-5-6(13(15)16)1-2-10-7/h1-2,5H,3-4H2,(H,10,11)(H3,9,12,14). The van der Waals surface area contributed by atoms with Crippen LogP contribution in [0, 0.1) is 10.1 Å². The van der Waals surface area contributed by atoms with Crippen molar-refractivity contribution in [2.45, 2.75) is 0 Å². The molecule has 1 aromatic rings. The molecular weight excluding hydrogens is 214 g/mol. The first kappa shape index (κ1) is 11.7. The average molecular weight is 225 g/mol. The van der Waals surface area contributed by atoms with Gasteiger partial charge >= 0.3 is 6.03 Å². The van der Waals surface area contributed by atoms with E-state index in [-0.39, 0.29) is 5.69 Å². The molecule has 0 saturated carbocycles. The van der Waals surface area contributed by atoms with Gasteiger partial charge in [0.1, 0.15) is 5.82 Å². The van der Waals surface area contributed by atoms with Gasteiger partial charge in [0.25, 0.3) is 5.69 Å². The molecule has 0 atom stereocenters. The molecular formula is C8H11N5O3.